The van der Waals surface area contributed by atoms with Crippen LogP contribution >= 0.6 is 11.3 Å². The topological polar surface area (TPSA) is 42.0 Å². The van der Waals surface area contributed by atoms with Crippen LogP contribution in [0.5, 0.6) is 0 Å². The van der Waals surface area contributed by atoms with E-state index in [9.17, 15) is 4.79 Å². The lowest BCUT2D eigenvalue weighted by Gasteiger charge is -2.09. The summed E-state index contributed by atoms with van der Waals surface area (Å²) < 4.78 is 0. The largest absolute Gasteiger partial charge is 0.351 e. The Morgan fingerprint density at radius 3 is 3.40 bits per heavy atom. The summed E-state index contributed by atoms with van der Waals surface area (Å²) in [7, 11) is 0. The average Bonchev–Trinajstić information content (AvgIpc) is 2.36. The molecule has 0 radical (unpaired) electrons. The Morgan fingerprint density at radius 2 is 2.60 bits per heavy atom. The van der Waals surface area contributed by atoms with Gasteiger partial charge in [-0.1, -0.05) is 0 Å². The summed E-state index contributed by atoms with van der Waals surface area (Å²) in [6.45, 7) is 0.732. The number of hydrogen-bond acceptors (Lipinski definition) is 3. The van der Waals surface area contributed by atoms with E-state index in [1.54, 1.807) is 5.51 Å². The highest BCUT2D eigenvalue weighted by Crippen LogP contribution is 2.15. The molecule has 2 rings (SSSR count). The van der Waals surface area contributed by atoms with E-state index >= 15 is 0 Å². The predicted molar refractivity (Wildman–Crippen MR) is 38.2 cm³/mol. The minimum absolute atomic E-state index is 0.0313. The lowest BCUT2D eigenvalue weighted by molar-refractivity contribution is 0.0950. The van der Waals surface area contributed by atoms with E-state index < -0.39 is 0 Å². The summed E-state index contributed by atoms with van der Waals surface area (Å²) in [6.07, 6.45) is 0.880. The zero-order valence-corrected chi connectivity index (χ0v) is 6.07. The fraction of sp³-hybridized carbons (Fsp3) is 0.333. The van der Waals surface area contributed by atoms with Gasteiger partial charge in [-0.25, -0.2) is 4.98 Å². The zero-order chi connectivity index (χ0) is 6.97. The molecule has 1 aliphatic heterocycles. The van der Waals surface area contributed by atoms with Crippen molar-refractivity contribution in [2.75, 3.05) is 6.54 Å². The van der Waals surface area contributed by atoms with Crippen LogP contribution in [-0.2, 0) is 6.42 Å². The van der Waals surface area contributed by atoms with Crippen molar-refractivity contribution in [1.82, 2.24) is 10.3 Å². The van der Waals surface area contributed by atoms with Crippen molar-refractivity contribution < 1.29 is 4.79 Å². The molecule has 1 amide bonds. The summed E-state index contributed by atoms with van der Waals surface area (Å²) in [4.78, 5) is 15.9. The molecule has 0 unspecified atom stereocenters. The van der Waals surface area contributed by atoms with Crippen molar-refractivity contribution in [2.45, 2.75) is 6.42 Å². The van der Waals surface area contributed by atoms with Gasteiger partial charge >= 0.3 is 0 Å². The van der Waals surface area contributed by atoms with Crippen LogP contribution in [0.25, 0.3) is 0 Å². The summed E-state index contributed by atoms with van der Waals surface area (Å²) in [5.41, 5.74) is 2.67. The summed E-state index contributed by atoms with van der Waals surface area (Å²) >= 11 is 1.41. The quantitative estimate of drug-likeness (QED) is 0.588. The Bertz CT molecular complexity index is 268. The van der Waals surface area contributed by atoms with Gasteiger partial charge in [0.2, 0.25) is 0 Å². The van der Waals surface area contributed by atoms with E-state index in [0.29, 0.717) is 0 Å². The number of rotatable bonds is 0. The maximum Gasteiger partial charge on any atom is 0.263 e. The van der Waals surface area contributed by atoms with Gasteiger partial charge in [0.15, 0.2) is 0 Å². The molecule has 52 valence electrons. The maximum absolute atomic E-state index is 11.0. The molecule has 0 aliphatic carbocycles. The number of fused-ring (bicyclic) bond motifs is 1. The molecule has 0 saturated heterocycles. The van der Waals surface area contributed by atoms with E-state index in [1.165, 1.54) is 11.3 Å². The molecule has 1 aromatic heterocycles. The first-order valence-corrected chi connectivity index (χ1v) is 3.96. The first-order valence-electron chi connectivity index (χ1n) is 3.08. The predicted octanol–water partition coefficient (Wildman–Crippen LogP) is 0.429. The Kier molecular flexibility index (Phi) is 1.20. The molecular weight excluding hydrogens is 148 g/mol. The first kappa shape index (κ1) is 5.85. The molecule has 1 aliphatic rings. The van der Waals surface area contributed by atoms with Crippen LogP contribution in [0, 0.1) is 0 Å². The van der Waals surface area contributed by atoms with Crippen molar-refractivity contribution >= 4 is 17.2 Å². The molecule has 0 aromatic carbocycles. The van der Waals surface area contributed by atoms with Crippen LogP contribution in [0.1, 0.15) is 15.4 Å². The van der Waals surface area contributed by atoms with Crippen molar-refractivity contribution in [2.24, 2.45) is 0 Å². The second-order valence-corrected chi connectivity index (χ2v) is 2.99. The van der Waals surface area contributed by atoms with Gasteiger partial charge < -0.3 is 5.32 Å². The Labute approximate surface area is 62.1 Å². The number of nitrogens with one attached hydrogen (secondary N) is 1. The lowest BCUT2D eigenvalue weighted by atomic mass is 10.2. The second kappa shape index (κ2) is 2.05. The normalized spacial score (nSPS) is 16.2. The third kappa shape index (κ3) is 0.724. The molecular formula is C6H6N2OS. The van der Waals surface area contributed by atoms with Crippen LogP contribution in [0.3, 0.4) is 0 Å². The molecule has 0 atom stereocenters. The van der Waals surface area contributed by atoms with E-state index in [0.717, 1.165) is 23.5 Å². The summed E-state index contributed by atoms with van der Waals surface area (Å²) in [5, 5.41) is 2.76. The van der Waals surface area contributed by atoms with E-state index in [4.69, 9.17) is 0 Å². The van der Waals surface area contributed by atoms with Gasteiger partial charge in [0.25, 0.3) is 5.91 Å². The Balaban J connectivity index is 2.50. The van der Waals surface area contributed by atoms with Gasteiger partial charge in [0, 0.05) is 13.0 Å². The lowest BCUT2D eigenvalue weighted by Crippen LogP contribution is -2.30. The summed E-state index contributed by atoms with van der Waals surface area (Å²) in [5.74, 6) is 0.0313. The number of hydrogen-bond donors (Lipinski definition) is 1. The van der Waals surface area contributed by atoms with Crippen LogP contribution in [-0.4, -0.2) is 17.4 Å². The van der Waals surface area contributed by atoms with Crippen molar-refractivity contribution in [3.8, 4) is 0 Å². The monoisotopic (exact) mass is 154 g/mol. The minimum Gasteiger partial charge on any atom is -0.351 e. The highest BCUT2D eigenvalue weighted by Gasteiger charge is 2.18. The molecule has 0 saturated carbocycles. The van der Waals surface area contributed by atoms with Crippen molar-refractivity contribution in [1.29, 1.82) is 0 Å². The molecule has 4 heteroatoms. The number of amides is 1. The molecule has 0 spiro atoms. The van der Waals surface area contributed by atoms with Crippen LogP contribution in [0.4, 0.5) is 0 Å². The number of nitrogens with zero attached hydrogens (tertiary/aromatic N) is 1. The summed E-state index contributed by atoms with van der Waals surface area (Å²) in [6, 6.07) is 0. The fourth-order valence-electron chi connectivity index (χ4n) is 1.01. The van der Waals surface area contributed by atoms with Gasteiger partial charge in [-0.3, -0.25) is 4.79 Å². The SMILES string of the molecule is O=C1NCCc2ncsc21. The highest BCUT2D eigenvalue weighted by molar-refractivity contribution is 7.11. The van der Waals surface area contributed by atoms with E-state index in [1.807, 2.05) is 0 Å². The molecule has 0 bridgehead atoms. The smallest absolute Gasteiger partial charge is 0.263 e. The second-order valence-electron chi connectivity index (χ2n) is 2.13. The van der Waals surface area contributed by atoms with Gasteiger partial charge in [0.05, 0.1) is 11.2 Å². The molecule has 3 nitrogen and oxygen atoms in total. The third-order valence-electron chi connectivity index (χ3n) is 1.49. The highest BCUT2D eigenvalue weighted by atomic mass is 32.1. The minimum atomic E-state index is 0.0313. The number of thiazole rings is 1. The molecule has 1 aromatic rings. The number of carbonyl (C=O) groups excluding carboxylic acids is 1. The first-order chi connectivity index (χ1) is 4.88. The van der Waals surface area contributed by atoms with Gasteiger partial charge in [0.1, 0.15) is 4.88 Å². The van der Waals surface area contributed by atoms with Gasteiger partial charge in [-0.05, 0) is 0 Å². The number of aromatic nitrogens is 1. The van der Waals surface area contributed by atoms with Gasteiger partial charge in [-0.15, -0.1) is 11.3 Å². The maximum atomic E-state index is 11.0. The Morgan fingerprint density at radius 1 is 1.70 bits per heavy atom. The van der Waals surface area contributed by atoms with Crippen LogP contribution < -0.4 is 5.32 Å². The molecule has 1 N–H and O–H groups in total. The fourth-order valence-corrected chi connectivity index (χ4v) is 1.76. The molecule has 0 fully saturated rings. The average molecular weight is 154 g/mol. The molecule has 2 heterocycles. The van der Waals surface area contributed by atoms with Crippen molar-refractivity contribution in [3.63, 3.8) is 0 Å². The van der Waals surface area contributed by atoms with E-state index in [2.05, 4.69) is 10.3 Å². The third-order valence-corrected chi connectivity index (χ3v) is 2.36. The van der Waals surface area contributed by atoms with E-state index in [-0.39, 0.29) is 5.91 Å². The van der Waals surface area contributed by atoms with Crippen LogP contribution in [0.15, 0.2) is 5.51 Å². The van der Waals surface area contributed by atoms with Crippen molar-refractivity contribution in [3.05, 3.63) is 16.1 Å². The Hall–Kier alpha value is -0.900. The van der Waals surface area contributed by atoms with Gasteiger partial charge in [-0.2, -0.15) is 0 Å². The molecule has 10 heavy (non-hydrogen) atoms. The number of carbonyl (C=O) groups is 1. The van der Waals surface area contributed by atoms with Crippen LogP contribution in [0.2, 0.25) is 0 Å². The standard InChI is InChI=1S/C6H6N2OS/c9-6-5-4(1-2-7-6)8-3-10-5/h3H,1-2H2,(H,7,9). The zero-order valence-electron chi connectivity index (χ0n) is 5.26.